The van der Waals surface area contributed by atoms with Gasteiger partial charge >= 0.3 is 0 Å². The van der Waals surface area contributed by atoms with Crippen LogP contribution in [0.4, 0.5) is 0 Å². The first-order chi connectivity index (χ1) is 12.8. The average Bonchev–Trinajstić information content (AvgIpc) is 3.23. The van der Waals surface area contributed by atoms with Gasteiger partial charge < -0.3 is 19.2 Å². The lowest BCUT2D eigenvalue weighted by Gasteiger charge is -2.26. The van der Waals surface area contributed by atoms with Crippen LogP contribution in [0.25, 0.3) is 28.1 Å². The molecule has 0 atom stereocenters. The minimum absolute atomic E-state index is 0.525. The molecule has 8 heteroatoms. The van der Waals surface area contributed by atoms with Gasteiger partial charge in [-0.25, -0.2) is 14.5 Å². The molecule has 0 aliphatic carbocycles. The summed E-state index contributed by atoms with van der Waals surface area (Å²) in [4.78, 5) is 8.60. The molecule has 0 saturated carbocycles. The number of nitrogens with one attached hydrogen (secondary N) is 1. The summed E-state index contributed by atoms with van der Waals surface area (Å²) in [7, 11) is 1.59. The first-order valence-corrected chi connectivity index (χ1v) is 8.43. The van der Waals surface area contributed by atoms with Crippen molar-refractivity contribution < 1.29 is 13.9 Å². The summed E-state index contributed by atoms with van der Waals surface area (Å²) in [5.41, 5.74) is 2.17. The lowest BCUT2D eigenvalue weighted by molar-refractivity contribution is 0.191. The molecule has 5 heterocycles. The van der Waals surface area contributed by atoms with Crippen molar-refractivity contribution in [3.8, 4) is 23.2 Å². The van der Waals surface area contributed by atoms with E-state index in [1.807, 2.05) is 18.2 Å². The molecule has 26 heavy (non-hydrogen) atoms. The van der Waals surface area contributed by atoms with E-state index in [4.69, 9.17) is 13.9 Å². The maximum Gasteiger partial charge on any atom is 0.231 e. The van der Waals surface area contributed by atoms with Crippen molar-refractivity contribution in [2.24, 2.45) is 5.92 Å². The summed E-state index contributed by atoms with van der Waals surface area (Å²) in [6.07, 6.45) is 3.39. The van der Waals surface area contributed by atoms with Crippen molar-refractivity contribution in [2.75, 3.05) is 26.8 Å². The monoisotopic (exact) mass is 351 g/mol. The molecule has 1 aliphatic rings. The number of hydrogen-bond donors (Lipinski definition) is 1. The molecule has 0 spiro atoms. The highest BCUT2D eigenvalue weighted by Crippen LogP contribution is 2.32. The smallest absolute Gasteiger partial charge is 0.231 e. The Bertz CT molecular complexity index is 1080. The molecule has 4 aromatic heterocycles. The van der Waals surface area contributed by atoms with E-state index in [1.54, 1.807) is 30.1 Å². The highest BCUT2D eigenvalue weighted by Gasteiger charge is 2.18. The average molecular weight is 351 g/mol. The van der Waals surface area contributed by atoms with Gasteiger partial charge in [-0.3, -0.25) is 0 Å². The Kier molecular flexibility index (Phi) is 3.49. The van der Waals surface area contributed by atoms with E-state index >= 15 is 0 Å². The fourth-order valence-electron chi connectivity index (χ4n) is 3.00. The van der Waals surface area contributed by atoms with E-state index in [0.717, 1.165) is 29.8 Å². The van der Waals surface area contributed by atoms with Crippen LogP contribution in [0.1, 0.15) is 0 Å². The molecule has 0 unspecified atom stereocenters. The van der Waals surface area contributed by atoms with Gasteiger partial charge in [0.15, 0.2) is 11.4 Å². The van der Waals surface area contributed by atoms with Crippen LogP contribution in [-0.2, 0) is 0 Å². The molecule has 132 valence electrons. The van der Waals surface area contributed by atoms with E-state index < -0.39 is 0 Å². The second kappa shape index (κ2) is 5.99. The number of pyridine rings is 1. The normalized spacial score (nSPS) is 14.7. The third-order valence-electron chi connectivity index (χ3n) is 4.53. The predicted octanol–water partition coefficient (Wildman–Crippen LogP) is 2.14. The molecule has 0 amide bonds. The Balaban J connectivity index is 1.53. The topological polar surface area (TPSA) is 86.7 Å². The second-order valence-corrected chi connectivity index (χ2v) is 6.26. The summed E-state index contributed by atoms with van der Waals surface area (Å²) < 4.78 is 18.8. The van der Waals surface area contributed by atoms with E-state index in [1.165, 1.54) is 0 Å². The van der Waals surface area contributed by atoms with Crippen LogP contribution in [0.5, 0.6) is 11.8 Å². The van der Waals surface area contributed by atoms with Gasteiger partial charge in [-0.05, 0) is 12.1 Å². The number of imidazole rings is 1. The molecule has 1 fully saturated rings. The number of nitrogens with zero attached hydrogens (tertiary/aromatic N) is 4. The van der Waals surface area contributed by atoms with Crippen LogP contribution in [0.2, 0.25) is 0 Å². The van der Waals surface area contributed by atoms with Crippen LogP contribution in [0, 0.1) is 5.92 Å². The fourth-order valence-corrected chi connectivity index (χ4v) is 3.00. The molecule has 1 N–H and O–H groups in total. The molecule has 0 radical (unpaired) electrons. The largest absolute Gasteiger partial charge is 0.480 e. The lowest BCUT2D eigenvalue weighted by Crippen LogP contribution is -2.45. The SMILES string of the molecule is COc1nccc2oc(-c3cnc4ccc(OCC5CNC5)nn34)cc12. The Hall–Kier alpha value is -3.13. The van der Waals surface area contributed by atoms with Gasteiger partial charge in [0.2, 0.25) is 11.8 Å². The Morgan fingerprint density at radius 2 is 2.19 bits per heavy atom. The van der Waals surface area contributed by atoms with Gasteiger partial charge in [0.05, 0.1) is 25.3 Å². The number of ether oxygens (including phenoxy) is 2. The fraction of sp³-hybridized carbons (Fsp3) is 0.278. The molecule has 0 bridgehead atoms. The van der Waals surface area contributed by atoms with Gasteiger partial charge in [-0.15, -0.1) is 5.10 Å². The van der Waals surface area contributed by atoms with Crippen molar-refractivity contribution >= 4 is 16.6 Å². The van der Waals surface area contributed by atoms with Crippen LogP contribution in [0.15, 0.2) is 41.1 Å². The summed E-state index contributed by atoms with van der Waals surface area (Å²) >= 11 is 0. The van der Waals surface area contributed by atoms with Crippen molar-refractivity contribution in [2.45, 2.75) is 0 Å². The molecular formula is C18H17N5O3. The number of aromatic nitrogens is 4. The van der Waals surface area contributed by atoms with Crippen molar-refractivity contribution in [1.82, 2.24) is 24.9 Å². The van der Waals surface area contributed by atoms with E-state index in [2.05, 4.69) is 20.4 Å². The minimum Gasteiger partial charge on any atom is -0.480 e. The molecule has 5 rings (SSSR count). The standard InChI is InChI=1S/C18H17N5O3/c1-24-18-12-6-15(26-14(12)4-5-20-18)13-9-21-16-2-3-17(22-23(13)16)25-10-11-7-19-8-11/h2-6,9,11,19H,7-8,10H2,1H3. The predicted molar refractivity (Wildman–Crippen MR) is 94.4 cm³/mol. The Labute approximate surface area is 148 Å². The number of fused-ring (bicyclic) bond motifs is 2. The second-order valence-electron chi connectivity index (χ2n) is 6.26. The van der Waals surface area contributed by atoms with Gasteiger partial charge in [-0.1, -0.05) is 0 Å². The van der Waals surface area contributed by atoms with Crippen LogP contribution >= 0.6 is 0 Å². The van der Waals surface area contributed by atoms with Crippen molar-refractivity contribution in [1.29, 1.82) is 0 Å². The highest BCUT2D eigenvalue weighted by molar-refractivity contribution is 5.86. The van der Waals surface area contributed by atoms with Gasteiger partial charge in [0.1, 0.15) is 11.3 Å². The first kappa shape index (κ1) is 15.2. The zero-order valence-corrected chi connectivity index (χ0v) is 14.2. The summed E-state index contributed by atoms with van der Waals surface area (Å²) in [5, 5.41) is 8.60. The zero-order chi connectivity index (χ0) is 17.5. The van der Waals surface area contributed by atoms with Crippen LogP contribution in [0.3, 0.4) is 0 Å². The van der Waals surface area contributed by atoms with Crippen LogP contribution in [-0.4, -0.2) is 46.4 Å². The maximum absolute atomic E-state index is 5.96. The van der Waals surface area contributed by atoms with Crippen molar-refractivity contribution in [3.63, 3.8) is 0 Å². The number of rotatable bonds is 5. The molecule has 1 saturated heterocycles. The molecule has 0 aromatic carbocycles. The molecule has 1 aliphatic heterocycles. The van der Waals surface area contributed by atoms with E-state index in [0.29, 0.717) is 35.6 Å². The lowest BCUT2D eigenvalue weighted by atomic mass is 10.1. The number of furan rings is 1. The first-order valence-electron chi connectivity index (χ1n) is 8.43. The molecule has 8 nitrogen and oxygen atoms in total. The van der Waals surface area contributed by atoms with Crippen LogP contribution < -0.4 is 14.8 Å². The van der Waals surface area contributed by atoms with Gasteiger partial charge in [0.25, 0.3) is 0 Å². The quantitative estimate of drug-likeness (QED) is 0.589. The zero-order valence-electron chi connectivity index (χ0n) is 14.2. The highest BCUT2D eigenvalue weighted by atomic mass is 16.5. The summed E-state index contributed by atoms with van der Waals surface area (Å²) in [6, 6.07) is 7.42. The summed E-state index contributed by atoms with van der Waals surface area (Å²) in [6.45, 7) is 2.64. The number of methoxy groups -OCH3 is 1. The van der Waals surface area contributed by atoms with Gasteiger partial charge in [0, 0.05) is 37.3 Å². The third kappa shape index (κ3) is 2.46. The Morgan fingerprint density at radius 3 is 3.00 bits per heavy atom. The minimum atomic E-state index is 0.525. The Morgan fingerprint density at radius 1 is 1.27 bits per heavy atom. The van der Waals surface area contributed by atoms with Gasteiger partial charge in [-0.2, -0.15) is 0 Å². The third-order valence-corrected chi connectivity index (χ3v) is 4.53. The van der Waals surface area contributed by atoms with Crippen molar-refractivity contribution in [3.05, 3.63) is 36.7 Å². The van der Waals surface area contributed by atoms with E-state index in [-0.39, 0.29) is 0 Å². The number of hydrogen-bond acceptors (Lipinski definition) is 7. The molecular weight excluding hydrogens is 334 g/mol. The molecule has 4 aromatic rings. The van der Waals surface area contributed by atoms with E-state index in [9.17, 15) is 0 Å². The summed E-state index contributed by atoms with van der Waals surface area (Å²) in [5.74, 6) is 2.29. The maximum atomic E-state index is 5.96.